The van der Waals surface area contributed by atoms with Crippen LogP contribution in [0.25, 0.3) is 0 Å². The van der Waals surface area contributed by atoms with Gasteiger partial charge in [-0.05, 0) is 56.2 Å². The molecule has 1 heterocycles. The number of hydrogen-bond donors (Lipinski definition) is 1. The van der Waals surface area contributed by atoms with E-state index in [1.807, 2.05) is 76.8 Å². The molecule has 0 aliphatic carbocycles. The van der Waals surface area contributed by atoms with Crippen molar-refractivity contribution in [3.05, 3.63) is 35.9 Å². The second-order valence-corrected chi connectivity index (χ2v) is 17.4. The Labute approximate surface area is 366 Å². The number of nitrogens with zero attached hydrogens (tertiary/aromatic N) is 3. The van der Waals surface area contributed by atoms with Gasteiger partial charge >= 0.3 is 5.97 Å². The van der Waals surface area contributed by atoms with Crippen molar-refractivity contribution in [3.8, 4) is 0 Å². The van der Waals surface area contributed by atoms with E-state index in [4.69, 9.17) is 18.9 Å². The summed E-state index contributed by atoms with van der Waals surface area (Å²) in [5.41, 5.74) is 0.896. The van der Waals surface area contributed by atoms with Crippen LogP contribution >= 0.6 is 0 Å². The molecule has 0 aromatic heterocycles. The fraction of sp³-hybridized carbons (Fsp3) is 0.745. The number of carbonyl (C=O) groups is 6. The highest BCUT2D eigenvalue weighted by Gasteiger charge is 2.43. The van der Waals surface area contributed by atoms with E-state index < -0.39 is 42.0 Å². The molecule has 1 aliphatic rings. The van der Waals surface area contributed by atoms with Gasteiger partial charge in [0.05, 0.1) is 42.7 Å². The molecule has 2 rings (SSSR count). The Morgan fingerprint density at radius 3 is 2.13 bits per heavy atom. The Morgan fingerprint density at radius 2 is 1.59 bits per heavy atom. The van der Waals surface area contributed by atoms with Crippen LogP contribution in [0.15, 0.2) is 30.3 Å². The first-order chi connectivity index (χ1) is 29.0. The molecule has 346 valence electrons. The zero-order valence-corrected chi connectivity index (χ0v) is 39.2. The van der Waals surface area contributed by atoms with Crippen molar-refractivity contribution in [2.24, 2.45) is 35.5 Å². The highest BCUT2D eigenvalue weighted by atomic mass is 16.5. The predicted molar refractivity (Wildman–Crippen MR) is 235 cm³/mol. The minimum Gasteiger partial charge on any atom is -0.464 e. The van der Waals surface area contributed by atoms with E-state index in [1.165, 1.54) is 0 Å². The summed E-state index contributed by atoms with van der Waals surface area (Å²) in [6, 6.07) is 8.29. The highest BCUT2D eigenvalue weighted by Crippen LogP contribution is 2.32. The van der Waals surface area contributed by atoms with Crippen molar-refractivity contribution in [3.63, 3.8) is 0 Å². The van der Waals surface area contributed by atoms with Gasteiger partial charge in [0, 0.05) is 59.0 Å². The molecule has 14 nitrogen and oxygen atoms in total. The second-order valence-electron chi connectivity index (χ2n) is 17.4. The van der Waals surface area contributed by atoms with Gasteiger partial charge in [-0.2, -0.15) is 0 Å². The van der Waals surface area contributed by atoms with Gasteiger partial charge in [0.2, 0.25) is 11.8 Å². The van der Waals surface area contributed by atoms with Gasteiger partial charge < -0.3 is 34.1 Å². The van der Waals surface area contributed by atoms with Crippen LogP contribution in [-0.2, 0) is 54.1 Å². The first-order valence-electron chi connectivity index (χ1n) is 22.3. The van der Waals surface area contributed by atoms with Gasteiger partial charge in [0.1, 0.15) is 19.1 Å². The zero-order chi connectivity index (χ0) is 45.8. The fourth-order valence-corrected chi connectivity index (χ4v) is 8.83. The van der Waals surface area contributed by atoms with Crippen LogP contribution in [-0.4, -0.2) is 142 Å². The molecule has 0 saturated carbocycles. The molecule has 9 atom stereocenters. The standard InChI is InChI=1S/C47H78N4O10/c1-13-33(7)44(49(10)46(56)37(31(3)4)27-40(54)43(48-9)32(5)6)41(58-11)28-42(55)51-22-18-21-38(51)45(59-12)34(8)39(53)26-36(25-35-19-16-15-17-20-35)47(57)61-24-23-50(14-2)29-60-30-52/h15-17,19-20,30-34,36-38,41,43-45,48H,13-14,18,21-29H2,1-12H3/t33-,34-,36+,37-,38-,41+,43-,44-,45+/m0/s1. The molecule has 1 saturated heterocycles. The summed E-state index contributed by atoms with van der Waals surface area (Å²) in [7, 11) is 6.63. The number of carbonyl (C=O) groups excluding carboxylic acids is 6. The normalized spacial score (nSPS) is 18.2. The third-order valence-electron chi connectivity index (χ3n) is 12.8. The number of methoxy groups -OCH3 is 2. The van der Waals surface area contributed by atoms with Gasteiger partial charge in [-0.1, -0.05) is 92.1 Å². The van der Waals surface area contributed by atoms with E-state index in [9.17, 15) is 28.8 Å². The number of likely N-dealkylation sites (tertiary alicyclic amines) is 1. The number of benzene rings is 1. The molecular weight excluding hydrogens is 781 g/mol. The van der Waals surface area contributed by atoms with E-state index in [0.29, 0.717) is 38.9 Å². The number of nitrogens with one attached hydrogen (secondary N) is 1. The Morgan fingerprint density at radius 1 is 0.918 bits per heavy atom. The van der Waals surface area contributed by atoms with Crippen LogP contribution in [0.4, 0.5) is 0 Å². The Balaban J connectivity index is 2.28. The van der Waals surface area contributed by atoms with Crippen molar-refractivity contribution in [2.75, 3.05) is 61.3 Å². The molecule has 1 aromatic carbocycles. The number of likely N-dealkylation sites (N-methyl/N-ethyl adjacent to an activating group) is 3. The van der Waals surface area contributed by atoms with Crippen LogP contribution in [0.3, 0.4) is 0 Å². The molecular formula is C47H78N4O10. The van der Waals surface area contributed by atoms with Crippen molar-refractivity contribution >= 4 is 35.8 Å². The SMILES string of the molecule is CC[C@H](C)[C@@H]([C@@H](CC(=O)N1CCC[C@H]1[C@H](OC)[C@@H](C)C(=O)C[C@@H](Cc1ccccc1)C(=O)OCCN(CC)COC=O)OC)N(C)C(=O)[C@@H](CC(=O)[C@@H](NC)C(C)C)C(C)C. The summed E-state index contributed by atoms with van der Waals surface area (Å²) in [5.74, 6) is -2.91. The monoisotopic (exact) mass is 859 g/mol. The minimum atomic E-state index is -0.745. The van der Waals surface area contributed by atoms with Crippen LogP contribution in [0.2, 0.25) is 0 Å². The first kappa shape index (κ1) is 53.4. The molecule has 2 amide bonds. The van der Waals surface area contributed by atoms with Crippen molar-refractivity contribution in [1.82, 2.24) is 20.0 Å². The third kappa shape index (κ3) is 15.9. The summed E-state index contributed by atoms with van der Waals surface area (Å²) >= 11 is 0. The number of hydrogen-bond acceptors (Lipinski definition) is 12. The first-order valence-corrected chi connectivity index (χ1v) is 22.3. The van der Waals surface area contributed by atoms with Crippen LogP contribution in [0.5, 0.6) is 0 Å². The van der Waals surface area contributed by atoms with Crippen LogP contribution < -0.4 is 5.32 Å². The van der Waals surface area contributed by atoms with Crippen molar-refractivity contribution in [2.45, 2.75) is 131 Å². The maximum absolute atomic E-state index is 14.4. The lowest BCUT2D eigenvalue weighted by molar-refractivity contribution is -0.152. The summed E-state index contributed by atoms with van der Waals surface area (Å²) in [6.07, 6.45) is 1.21. The maximum Gasteiger partial charge on any atom is 0.309 e. The largest absolute Gasteiger partial charge is 0.464 e. The molecule has 1 fully saturated rings. The molecule has 0 spiro atoms. The predicted octanol–water partition coefficient (Wildman–Crippen LogP) is 5.20. The lowest BCUT2D eigenvalue weighted by atomic mass is 9.84. The third-order valence-corrected chi connectivity index (χ3v) is 12.8. The van der Waals surface area contributed by atoms with E-state index in [0.717, 1.165) is 18.4 Å². The Bertz CT molecular complexity index is 1510. The van der Waals surface area contributed by atoms with Crippen LogP contribution in [0, 0.1) is 35.5 Å². The number of ketones is 2. The highest BCUT2D eigenvalue weighted by molar-refractivity contribution is 5.90. The molecule has 61 heavy (non-hydrogen) atoms. The molecule has 14 heteroatoms. The lowest BCUT2D eigenvalue weighted by Gasteiger charge is -2.41. The molecule has 1 aromatic rings. The van der Waals surface area contributed by atoms with Crippen molar-refractivity contribution < 1.29 is 47.7 Å². The number of rotatable bonds is 30. The molecule has 0 unspecified atom stereocenters. The number of esters is 1. The summed E-state index contributed by atoms with van der Waals surface area (Å²) in [5, 5.41) is 3.11. The molecule has 0 radical (unpaired) electrons. The molecule has 0 bridgehead atoms. The molecule has 1 aliphatic heterocycles. The van der Waals surface area contributed by atoms with E-state index in [2.05, 4.69) is 12.2 Å². The average molecular weight is 859 g/mol. The van der Waals surface area contributed by atoms with Gasteiger partial charge in [0.15, 0.2) is 5.78 Å². The zero-order valence-electron chi connectivity index (χ0n) is 39.2. The van der Waals surface area contributed by atoms with Gasteiger partial charge in [-0.15, -0.1) is 0 Å². The smallest absolute Gasteiger partial charge is 0.309 e. The van der Waals surface area contributed by atoms with E-state index in [1.54, 1.807) is 45.0 Å². The van der Waals surface area contributed by atoms with Crippen LogP contribution in [0.1, 0.15) is 99.5 Å². The van der Waals surface area contributed by atoms with E-state index >= 15 is 0 Å². The molecule has 1 N–H and O–H groups in total. The van der Waals surface area contributed by atoms with E-state index in [-0.39, 0.29) is 85.8 Å². The average Bonchev–Trinajstić information content (AvgIpc) is 3.73. The fourth-order valence-electron chi connectivity index (χ4n) is 8.83. The van der Waals surface area contributed by atoms with Crippen molar-refractivity contribution in [1.29, 1.82) is 0 Å². The number of Topliss-reactive ketones (excluding diaryl/α,β-unsaturated/α-hetero) is 2. The van der Waals surface area contributed by atoms with Gasteiger partial charge in [0.25, 0.3) is 6.47 Å². The minimum absolute atomic E-state index is 0.00149. The lowest BCUT2D eigenvalue weighted by Crippen LogP contribution is -2.54. The Kier molecular flexibility index (Phi) is 24.0. The second kappa shape index (κ2) is 27.4. The number of ether oxygens (including phenoxy) is 4. The van der Waals surface area contributed by atoms with Gasteiger partial charge in [-0.3, -0.25) is 33.7 Å². The summed E-state index contributed by atoms with van der Waals surface area (Å²) < 4.78 is 22.6. The summed E-state index contributed by atoms with van der Waals surface area (Å²) in [4.78, 5) is 85.7. The maximum atomic E-state index is 14.4. The number of amides is 2. The van der Waals surface area contributed by atoms with Gasteiger partial charge in [-0.25, -0.2) is 0 Å². The Hall–Kier alpha value is -3.72. The summed E-state index contributed by atoms with van der Waals surface area (Å²) in [6.45, 7) is 17.6. The quantitative estimate of drug-likeness (QED) is 0.0614. The topological polar surface area (TPSA) is 161 Å².